The van der Waals surface area contributed by atoms with E-state index in [4.69, 9.17) is 14.2 Å². The number of carbonyl (C=O) groups excluding carboxylic acids is 5. The number of alkyl carbamates (subject to hydrolysis) is 1. The first-order valence-corrected chi connectivity index (χ1v) is 19.7. The van der Waals surface area contributed by atoms with Gasteiger partial charge in [0.2, 0.25) is 17.8 Å². The lowest BCUT2D eigenvalue weighted by Gasteiger charge is -2.34. The predicted octanol–water partition coefficient (Wildman–Crippen LogP) is 5.02. The van der Waals surface area contributed by atoms with Crippen molar-refractivity contribution in [3.63, 3.8) is 0 Å². The summed E-state index contributed by atoms with van der Waals surface area (Å²) in [4.78, 5) is 71.4. The molecule has 4 N–H and O–H groups in total. The topological polar surface area (TPSA) is 177 Å². The summed E-state index contributed by atoms with van der Waals surface area (Å²) < 4.78 is 15.6. The number of nitrogens with zero attached hydrogens (tertiary/aromatic N) is 2. The molecule has 3 aromatic rings. The molecule has 3 aromatic carbocycles. The van der Waals surface area contributed by atoms with E-state index >= 15 is 0 Å². The Morgan fingerprint density at radius 3 is 1.89 bits per heavy atom. The summed E-state index contributed by atoms with van der Waals surface area (Å²) in [6.45, 7) is 0.587. The van der Waals surface area contributed by atoms with Crippen LogP contribution in [-0.4, -0.2) is 85.7 Å². The highest BCUT2D eigenvalue weighted by Crippen LogP contribution is 2.27. The number of likely N-dealkylation sites (tertiary alicyclic amines) is 1. The Kier molecular flexibility index (Phi) is 16.9. The molecule has 0 radical (unpaired) electrons. The average Bonchev–Trinajstić information content (AvgIpc) is 3.24. The fourth-order valence-corrected chi connectivity index (χ4v) is 7.05. The summed E-state index contributed by atoms with van der Waals surface area (Å²) >= 11 is 0. The summed E-state index contributed by atoms with van der Waals surface area (Å²) in [7, 11) is 1.30. The molecule has 1 heterocycles. The molecule has 5 rings (SSSR count). The highest BCUT2D eigenvalue weighted by molar-refractivity contribution is 5.99. The van der Waals surface area contributed by atoms with Crippen LogP contribution in [0.4, 0.5) is 9.59 Å². The number of hydrogen-bond donors (Lipinski definition) is 4. The van der Waals surface area contributed by atoms with Crippen LogP contribution >= 0.6 is 0 Å². The quantitative estimate of drug-likeness (QED) is 0.0710. The lowest BCUT2D eigenvalue weighted by Crippen LogP contribution is -2.57. The lowest BCUT2D eigenvalue weighted by molar-refractivity contribution is -0.140. The van der Waals surface area contributed by atoms with Crippen LogP contribution < -0.4 is 21.3 Å². The van der Waals surface area contributed by atoms with Crippen molar-refractivity contribution in [3.05, 3.63) is 108 Å². The molecule has 2 aliphatic rings. The number of piperidine rings is 1. The molecule has 14 nitrogen and oxygen atoms in total. The Balaban J connectivity index is 1.22. The van der Waals surface area contributed by atoms with Gasteiger partial charge in [-0.2, -0.15) is 0 Å². The van der Waals surface area contributed by atoms with E-state index < -0.39 is 30.2 Å². The van der Waals surface area contributed by atoms with Crippen molar-refractivity contribution in [2.45, 2.75) is 89.1 Å². The molecule has 304 valence electrons. The molecule has 14 heteroatoms. The van der Waals surface area contributed by atoms with Crippen LogP contribution in [0.3, 0.4) is 0 Å². The summed E-state index contributed by atoms with van der Waals surface area (Å²) in [5.41, 5.74) is 2.46. The molecule has 1 unspecified atom stereocenters. The van der Waals surface area contributed by atoms with Crippen molar-refractivity contribution < 1.29 is 38.2 Å². The lowest BCUT2D eigenvalue weighted by atomic mass is 9.84. The first-order valence-electron chi connectivity index (χ1n) is 19.7. The fourth-order valence-electron chi connectivity index (χ4n) is 7.05. The van der Waals surface area contributed by atoms with Gasteiger partial charge in [0.15, 0.2) is 0 Å². The molecule has 1 aliphatic carbocycles. The third kappa shape index (κ3) is 14.7. The van der Waals surface area contributed by atoms with Gasteiger partial charge >= 0.3 is 18.2 Å². The van der Waals surface area contributed by atoms with Gasteiger partial charge in [-0.3, -0.25) is 25.0 Å². The number of ether oxygens (including phenoxy) is 3. The van der Waals surface area contributed by atoms with Gasteiger partial charge in [-0.25, -0.2) is 9.59 Å². The van der Waals surface area contributed by atoms with Crippen LogP contribution in [-0.2, 0) is 48.2 Å². The molecule has 2 fully saturated rings. The number of amides is 4. The summed E-state index contributed by atoms with van der Waals surface area (Å²) in [5.74, 6) is -0.839. The Morgan fingerprint density at radius 2 is 1.30 bits per heavy atom. The number of guanidine groups is 1. The van der Waals surface area contributed by atoms with Crippen LogP contribution in [0, 0.1) is 5.92 Å². The predicted molar refractivity (Wildman–Crippen MR) is 214 cm³/mol. The molecule has 2 atom stereocenters. The normalized spacial score (nSPS) is 16.1. The molecule has 0 aromatic heterocycles. The number of aliphatic imine (C=N–C) groups is 1. The van der Waals surface area contributed by atoms with Gasteiger partial charge in [0.25, 0.3) is 0 Å². The molecular formula is C43H54N6O8. The van der Waals surface area contributed by atoms with Gasteiger partial charge in [0, 0.05) is 25.6 Å². The third-order valence-electron chi connectivity index (χ3n) is 10.2. The van der Waals surface area contributed by atoms with E-state index in [1.165, 1.54) is 13.5 Å². The van der Waals surface area contributed by atoms with Crippen molar-refractivity contribution in [2.24, 2.45) is 10.9 Å². The van der Waals surface area contributed by atoms with Gasteiger partial charge in [-0.15, -0.1) is 4.99 Å². The Morgan fingerprint density at radius 1 is 0.719 bits per heavy atom. The van der Waals surface area contributed by atoms with E-state index in [0.29, 0.717) is 38.3 Å². The number of methoxy groups -OCH3 is 1. The number of benzene rings is 3. The first-order chi connectivity index (χ1) is 27.7. The second-order valence-corrected chi connectivity index (χ2v) is 14.4. The number of esters is 1. The smallest absolute Gasteiger partial charge is 0.437 e. The zero-order valence-corrected chi connectivity index (χ0v) is 32.5. The van der Waals surface area contributed by atoms with Crippen molar-refractivity contribution >= 4 is 35.9 Å². The monoisotopic (exact) mass is 782 g/mol. The van der Waals surface area contributed by atoms with E-state index in [-0.39, 0.29) is 50.0 Å². The minimum absolute atomic E-state index is 0.00632. The molecule has 1 saturated heterocycles. The molecule has 0 bridgehead atoms. The molecule has 1 aliphatic heterocycles. The van der Waals surface area contributed by atoms with Gasteiger partial charge in [-0.1, -0.05) is 123 Å². The zero-order valence-electron chi connectivity index (χ0n) is 32.5. The molecular weight excluding hydrogens is 729 g/mol. The first kappa shape index (κ1) is 42.4. The number of nitrogens with one attached hydrogen (secondary N) is 4. The Labute approximate surface area is 334 Å². The minimum atomic E-state index is -0.885. The molecule has 0 spiro atoms. The van der Waals surface area contributed by atoms with Gasteiger partial charge in [0.1, 0.15) is 19.3 Å². The summed E-state index contributed by atoms with van der Waals surface area (Å²) in [6.07, 6.45) is 5.49. The van der Waals surface area contributed by atoms with E-state index in [0.717, 1.165) is 42.4 Å². The maximum Gasteiger partial charge on any atom is 0.437 e. The second kappa shape index (κ2) is 22.7. The minimum Gasteiger partial charge on any atom is -0.468 e. The Hall–Kier alpha value is -5.76. The molecule has 1 saturated carbocycles. The number of hydrogen-bond acceptors (Lipinski definition) is 9. The standard InChI is InChI=1S/C43H54N6O8/c1-55-38(50)28-44-36(26-31-14-6-2-7-15-31)39(51)46-37(27-32-16-8-3-9-17-32)40(52)45-35-22-24-49(25-23-35)41(47-42(53)56-29-33-18-10-4-11-19-33)48-43(54)57-30-34-20-12-5-13-21-34/h3-5,8-13,16-21,31,35-37,44H,2,6-7,14-15,22-30H2,1H3,(H,45,52)(H,46,51)(H,47,48,53,54)/t36?,37-/m0/s1. The third-order valence-corrected chi connectivity index (χ3v) is 10.2. The molecule has 4 amide bonds. The Bertz CT molecular complexity index is 1760. The maximum atomic E-state index is 14.0. The van der Waals surface area contributed by atoms with E-state index in [9.17, 15) is 24.0 Å². The average molecular weight is 783 g/mol. The zero-order chi connectivity index (χ0) is 40.2. The largest absolute Gasteiger partial charge is 0.468 e. The van der Waals surface area contributed by atoms with Gasteiger partial charge in [-0.05, 0) is 41.9 Å². The van der Waals surface area contributed by atoms with E-state index in [1.807, 2.05) is 91.0 Å². The van der Waals surface area contributed by atoms with Crippen LogP contribution in [0.25, 0.3) is 0 Å². The maximum absolute atomic E-state index is 14.0. The van der Waals surface area contributed by atoms with Crippen molar-refractivity contribution in [1.82, 2.24) is 26.2 Å². The molecule has 57 heavy (non-hydrogen) atoms. The number of rotatable bonds is 15. The van der Waals surface area contributed by atoms with E-state index in [2.05, 4.69) is 26.3 Å². The van der Waals surface area contributed by atoms with Gasteiger partial charge in [0.05, 0.1) is 19.7 Å². The highest BCUT2D eigenvalue weighted by Gasteiger charge is 2.31. The summed E-state index contributed by atoms with van der Waals surface area (Å²) in [6, 6.07) is 26.0. The summed E-state index contributed by atoms with van der Waals surface area (Å²) in [5, 5.41) is 11.8. The number of carbonyl (C=O) groups is 5. The SMILES string of the molecule is COC(=O)CNC(CC1CCCCC1)C(=O)N[C@@H](Cc1ccccc1)C(=O)NC1CCN(C(=NC(=O)OCc2ccccc2)NC(=O)OCc2ccccc2)CC1. The van der Waals surface area contributed by atoms with Crippen LogP contribution in [0.2, 0.25) is 0 Å². The fraction of sp³-hybridized carbons (Fsp3) is 0.442. The highest BCUT2D eigenvalue weighted by atomic mass is 16.6. The van der Waals surface area contributed by atoms with Crippen molar-refractivity contribution in [3.8, 4) is 0 Å². The van der Waals surface area contributed by atoms with Gasteiger partial charge < -0.3 is 29.7 Å². The van der Waals surface area contributed by atoms with E-state index in [1.54, 1.807) is 4.90 Å². The van der Waals surface area contributed by atoms with Crippen LogP contribution in [0.15, 0.2) is 96.0 Å². The van der Waals surface area contributed by atoms with Crippen LogP contribution in [0.5, 0.6) is 0 Å². The van der Waals surface area contributed by atoms with Crippen molar-refractivity contribution in [2.75, 3.05) is 26.7 Å². The second-order valence-electron chi connectivity index (χ2n) is 14.4. The van der Waals surface area contributed by atoms with Crippen LogP contribution in [0.1, 0.15) is 68.1 Å². The van der Waals surface area contributed by atoms with Crippen molar-refractivity contribution in [1.29, 1.82) is 0 Å².